The van der Waals surface area contributed by atoms with E-state index in [9.17, 15) is 4.79 Å². The number of carbonyl (C=O) groups is 1. The van der Waals surface area contributed by atoms with E-state index in [1.807, 2.05) is 68.5 Å². The van der Waals surface area contributed by atoms with Crippen LogP contribution in [0.25, 0.3) is 6.08 Å². The molecule has 1 N–H and O–H groups in total. The third-order valence-corrected chi connectivity index (χ3v) is 2.79. The highest BCUT2D eigenvalue weighted by atomic mass is 16.1. The molecule has 0 radical (unpaired) electrons. The molecule has 0 fully saturated rings. The number of hydrogen-bond acceptors (Lipinski definition) is 1. The van der Waals surface area contributed by atoms with E-state index in [1.165, 1.54) is 5.56 Å². The molecule has 0 atom stereocenters. The molecule has 2 aromatic rings. The van der Waals surface area contributed by atoms with E-state index < -0.39 is 0 Å². The quantitative estimate of drug-likeness (QED) is 0.822. The standard InChI is InChI=1S/C17H17NO/c1-13-6-8-15(9-7-13)10-11-17(19)18-16-5-3-4-14(2)12-16/h3-12H,1-2H3,(H,18,19). The van der Waals surface area contributed by atoms with Crippen LogP contribution in [0, 0.1) is 13.8 Å². The molecule has 2 aromatic carbocycles. The highest BCUT2D eigenvalue weighted by Crippen LogP contribution is 2.10. The molecule has 2 rings (SSSR count). The second-order valence-electron chi connectivity index (χ2n) is 4.60. The Hall–Kier alpha value is -2.35. The van der Waals surface area contributed by atoms with Crippen molar-refractivity contribution >= 4 is 17.7 Å². The Balaban J connectivity index is 1.99. The average Bonchev–Trinajstić information content (AvgIpc) is 2.38. The smallest absolute Gasteiger partial charge is 0.248 e. The number of nitrogens with one attached hydrogen (secondary N) is 1. The lowest BCUT2D eigenvalue weighted by atomic mass is 10.1. The molecule has 0 aliphatic heterocycles. The molecule has 0 aromatic heterocycles. The zero-order valence-corrected chi connectivity index (χ0v) is 11.2. The molecule has 19 heavy (non-hydrogen) atoms. The van der Waals surface area contributed by atoms with Crippen molar-refractivity contribution in [2.24, 2.45) is 0 Å². The molecule has 1 amide bonds. The first-order valence-corrected chi connectivity index (χ1v) is 6.26. The van der Waals surface area contributed by atoms with Crippen LogP contribution in [0.3, 0.4) is 0 Å². The fraction of sp³-hybridized carbons (Fsp3) is 0.118. The van der Waals surface area contributed by atoms with Gasteiger partial charge in [0, 0.05) is 11.8 Å². The van der Waals surface area contributed by atoms with E-state index in [1.54, 1.807) is 6.08 Å². The molecule has 2 nitrogen and oxygen atoms in total. The van der Waals surface area contributed by atoms with Gasteiger partial charge in [0.25, 0.3) is 0 Å². The first-order valence-electron chi connectivity index (χ1n) is 6.26. The van der Waals surface area contributed by atoms with Crippen molar-refractivity contribution in [2.45, 2.75) is 13.8 Å². The van der Waals surface area contributed by atoms with E-state index in [4.69, 9.17) is 0 Å². The van der Waals surface area contributed by atoms with Crippen LogP contribution >= 0.6 is 0 Å². The summed E-state index contributed by atoms with van der Waals surface area (Å²) in [7, 11) is 0. The van der Waals surface area contributed by atoms with E-state index in [2.05, 4.69) is 5.32 Å². The molecule has 0 aliphatic rings. The van der Waals surface area contributed by atoms with Crippen molar-refractivity contribution in [1.29, 1.82) is 0 Å². The maximum Gasteiger partial charge on any atom is 0.248 e. The van der Waals surface area contributed by atoms with Crippen molar-refractivity contribution in [1.82, 2.24) is 0 Å². The van der Waals surface area contributed by atoms with Gasteiger partial charge in [0.15, 0.2) is 0 Å². The summed E-state index contributed by atoms with van der Waals surface area (Å²) in [4.78, 5) is 11.8. The van der Waals surface area contributed by atoms with E-state index in [0.29, 0.717) is 0 Å². The summed E-state index contributed by atoms with van der Waals surface area (Å²) in [5, 5.41) is 2.84. The number of aryl methyl sites for hydroxylation is 2. The van der Waals surface area contributed by atoms with Gasteiger partial charge in [-0.1, -0.05) is 42.0 Å². The van der Waals surface area contributed by atoms with Gasteiger partial charge in [-0.3, -0.25) is 4.79 Å². The van der Waals surface area contributed by atoms with Crippen molar-refractivity contribution < 1.29 is 4.79 Å². The SMILES string of the molecule is Cc1ccc(C=CC(=O)Nc2cccc(C)c2)cc1. The summed E-state index contributed by atoms with van der Waals surface area (Å²) in [5.41, 5.74) is 4.17. The molecule has 0 spiro atoms. The fourth-order valence-corrected chi connectivity index (χ4v) is 1.76. The minimum atomic E-state index is -0.119. The second-order valence-corrected chi connectivity index (χ2v) is 4.60. The molecule has 0 heterocycles. The largest absolute Gasteiger partial charge is 0.323 e. The number of benzene rings is 2. The molecular weight excluding hydrogens is 234 g/mol. The molecule has 0 saturated heterocycles. The Morgan fingerprint density at radius 2 is 1.74 bits per heavy atom. The van der Waals surface area contributed by atoms with Gasteiger partial charge in [0.1, 0.15) is 0 Å². The predicted molar refractivity (Wildman–Crippen MR) is 80.0 cm³/mol. The Morgan fingerprint density at radius 3 is 2.42 bits per heavy atom. The first-order chi connectivity index (χ1) is 9.13. The lowest BCUT2D eigenvalue weighted by Crippen LogP contribution is -2.07. The van der Waals surface area contributed by atoms with Gasteiger partial charge in [0.05, 0.1) is 0 Å². The van der Waals surface area contributed by atoms with Crippen molar-refractivity contribution in [3.05, 3.63) is 71.3 Å². The van der Waals surface area contributed by atoms with Gasteiger partial charge in [-0.2, -0.15) is 0 Å². The van der Waals surface area contributed by atoms with Crippen molar-refractivity contribution in [3.8, 4) is 0 Å². The Bertz CT molecular complexity index is 597. The zero-order valence-electron chi connectivity index (χ0n) is 11.2. The molecule has 0 unspecified atom stereocenters. The third kappa shape index (κ3) is 4.11. The molecule has 0 bridgehead atoms. The summed E-state index contributed by atoms with van der Waals surface area (Å²) >= 11 is 0. The zero-order chi connectivity index (χ0) is 13.7. The molecule has 0 saturated carbocycles. The number of amides is 1. The summed E-state index contributed by atoms with van der Waals surface area (Å²) in [6.07, 6.45) is 3.36. The van der Waals surface area contributed by atoms with Crippen LogP contribution in [-0.2, 0) is 4.79 Å². The minimum absolute atomic E-state index is 0.119. The van der Waals surface area contributed by atoms with Crippen LogP contribution < -0.4 is 5.32 Å². The highest BCUT2D eigenvalue weighted by molar-refractivity contribution is 6.01. The van der Waals surface area contributed by atoms with Crippen LogP contribution in [0.1, 0.15) is 16.7 Å². The van der Waals surface area contributed by atoms with Crippen molar-refractivity contribution in [2.75, 3.05) is 5.32 Å². The summed E-state index contributed by atoms with van der Waals surface area (Å²) in [6.45, 7) is 4.04. The number of rotatable bonds is 3. The van der Waals surface area contributed by atoms with Gasteiger partial charge in [-0.05, 0) is 43.2 Å². The Kier molecular flexibility index (Phi) is 4.14. The van der Waals surface area contributed by atoms with Gasteiger partial charge in [0.2, 0.25) is 5.91 Å². The number of anilines is 1. The molecule has 96 valence electrons. The Labute approximate surface area is 113 Å². The van der Waals surface area contributed by atoms with Crippen LogP contribution in [0.4, 0.5) is 5.69 Å². The van der Waals surface area contributed by atoms with Crippen LogP contribution in [0.15, 0.2) is 54.6 Å². The minimum Gasteiger partial charge on any atom is -0.323 e. The Morgan fingerprint density at radius 1 is 1.00 bits per heavy atom. The van der Waals surface area contributed by atoms with Gasteiger partial charge in [-0.25, -0.2) is 0 Å². The maximum absolute atomic E-state index is 11.8. The van der Waals surface area contributed by atoms with E-state index in [0.717, 1.165) is 16.8 Å². The fourth-order valence-electron chi connectivity index (χ4n) is 1.76. The lowest BCUT2D eigenvalue weighted by Gasteiger charge is -2.02. The van der Waals surface area contributed by atoms with Gasteiger partial charge >= 0.3 is 0 Å². The molecular formula is C17H17NO. The van der Waals surface area contributed by atoms with Gasteiger partial charge < -0.3 is 5.32 Å². The average molecular weight is 251 g/mol. The van der Waals surface area contributed by atoms with Crippen molar-refractivity contribution in [3.63, 3.8) is 0 Å². The summed E-state index contributed by atoms with van der Waals surface area (Å²) in [6, 6.07) is 15.8. The van der Waals surface area contributed by atoms with E-state index in [-0.39, 0.29) is 5.91 Å². The topological polar surface area (TPSA) is 29.1 Å². The second kappa shape index (κ2) is 6.01. The predicted octanol–water partition coefficient (Wildman–Crippen LogP) is 3.96. The molecule has 0 aliphatic carbocycles. The number of hydrogen-bond donors (Lipinski definition) is 1. The highest BCUT2D eigenvalue weighted by Gasteiger charge is 1.97. The monoisotopic (exact) mass is 251 g/mol. The van der Waals surface area contributed by atoms with Gasteiger partial charge in [-0.15, -0.1) is 0 Å². The van der Waals surface area contributed by atoms with Crippen LogP contribution in [0.5, 0.6) is 0 Å². The molecule has 2 heteroatoms. The normalized spacial score (nSPS) is 10.6. The summed E-state index contributed by atoms with van der Waals surface area (Å²) < 4.78 is 0. The maximum atomic E-state index is 11.8. The number of carbonyl (C=O) groups excluding carboxylic acids is 1. The third-order valence-electron chi connectivity index (χ3n) is 2.79. The van der Waals surface area contributed by atoms with Crippen LogP contribution in [0.2, 0.25) is 0 Å². The van der Waals surface area contributed by atoms with E-state index >= 15 is 0 Å². The lowest BCUT2D eigenvalue weighted by molar-refractivity contribution is -0.111. The van der Waals surface area contributed by atoms with Crippen LogP contribution in [-0.4, -0.2) is 5.91 Å². The first kappa shape index (κ1) is 13.1. The summed E-state index contributed by atoms with van der Waals surface area (Å²) in [5.74, 6) is -0.119.